The Balaban J connectivity index is 4.47. The van der Waals surface area contributed by atoms with Crippen LogP contribution in [-0.4, -0.2) is 46.9 Å². The highest BCUT2D eigenvalue weighted by Gasteiger charge is 2.24. The number of amides is 1. The van der Waals surface area contributed by atoms with Gasteiger partial charge in [0.2, 0.25) is 5.91 Å². The third-order valence-electron chi connectivity index (χ3n) is 11.4. The van der Waals surface area contributed by atoms with Gasteiger partial charge in [0, 0.05) is 6.42 Å². The molecule has 0 aromatic rings. The van der Waals surface area contributed by atoms with Crippen LogP contribution in [0.4, 0.5) is 0 Å². The van der Waals surface area contributed by atoms with Gasteiger partial charge in [-0.05, 0) is 25.7 Å². The number of carbonyl (C=O) groups is 2. The molecule has 0 spiro atoms. The summed E-state index contributed by atoms with van der Waals surface area (Å²) >= 11 is 0. The lowest BCUT2D eigenvalue weighted by Gasteiger charge is -2.24. The largest absolute Gasteiger partial charge is 0.462 e. The molecule has 3 N–H and O–H groups in total. The number of nitrogens with one attached hydrogen (secondary N) is 1. The summed E-state index contributed by atoms with van der Waals surface area (Å²) in [5.41, 5.74) is 0. The number of rotatable bonds is 44. The SMILES string of the molecule is CCCCCCCCCCCCCCCCCC(=O)OC(CCCCCCCCCCCC)CC(=O)NC(CO)C(O)CCCCCCCCCCCC. The van der Waals surface area contributed by atoms with E-state index in [-0.39, 0.29) is 24.9 Å². The van der Waals surface area contributed by atoms with Gasteiger partial charge in [0.15, 0.2) is 0 Å². The number of esters is 1. The van der Waals surface area contributed by atoms with Crippen molar-refractivity contribution in [3.63, 3.8) is 0 Å². The zero-order valence-corrected chi connectivity index (χ0v) is 36.6. The summed E-state index contributed by atoms with van der Waals surface area (Å²) in [7, 11) is 0. The Labute approximate surface area is 336 Å². The highest BCUT2D eigenvalue weighted by atomic mass is 16.5. The van der Waals surface area contributed by atoms with Gasteiger partial charge >= 0.3 is 5.97 Å². The fraction of sp³-hybridized carbons (Fsp3) is 0.958. The van der Waals surface area contributed by atoms with Crippen molar-refractivity contribution in [1.29, 1.82) is 0 Å². The van der Waals surface area contributed by atoms with Crippen molar-refractivity contribution in [3.05, 3.63) is 0 Å². The zero-order valence-electron chi connectivity index (χ0n) is 36.6. The fourth-order valence-corrected chi connectivity index (χ4v) is 7.73. The molecule has 0 aromatic carbocycles. The van der Waals surface area contributed by atoms with E-state index in [1.807, 2.05) is 0 Å². The zero-order chi connectivity index (χ0) is 39.6. The highest BCUT2D eigenvalue weighted by Crippen LogP contribution is 2.18. The standard InChI is InChI=1S/C48H95NO5/c1-4-7-10-13-16-19-22-23-24-25-26-29-32-35-38-41-48(53)54-44(39-36-33-30-27-20-17-14-11-8-5-2)42-47(52)49-45(43-50)46(51)40-37-34-31-28-21-18-15-12-9-6-3/h44-46,50-51H,4-43H2,1-3H3,(H,49,52). The number of hydrogen-bond donors (Lipinski definition) is 3. The van der Waals surface area contributed by atoms with Crippen molar-refractivity contribution >= 4 is 11.9 Å². The number of aliphatic hydroxyl groups excluding tert-OH is 2. The average molecular weight is 766 g/mol. The van der Waals surface area contributed by atoms with E-state index >= 15 is 0 Å². The molecule has 0 saturated heterocycles. The molecule has 0 aliphatic carbocycles. The monoisotopic (exact) mass is 766 g/mol. The molecule has 6 heteroatoms. The van der Waals surface area contributed by atoms with Crippen LogP contribution in [0.1, 0.15) is 271 Å². The van der Waals surface area contributed by atoms with Crippen LogP contribution in [0.5, 0.6) is 0 Å². The molecule has 0 saturated carbocycles. The van der Waals surface area contributed by atoms with E-state index in [0.717, 1.165) is 38.5 Å². The van der Waals surface area contributed by atoms with Crippen LogP contribution in [0.25, 0.3) is 0 Å². The van der Waals surface area contributed by atoms with Crippen molar-refractivity contribution in [2.24, 2.45) is 0 Å². The molecule has 1 amide bonds. The lowest BCUT2D eigenvalue weighted by atomic mass is 10.0. The Morgan fingerprint density at radius 1 is 0.463 bits per heavy atom. The van der Waals surface area contributed by atoms with Gasteiger partial charge in [-0.3, -0.25) is 9.59 Å². The van der Waals surface area contributed by atoms with Crippen LogP contribution in [0.15, 0.2) is 0 Å². The number of ether oxygens (including phenoxy) is 1. The molecular weight excluding hydrogens is 671 g/mol. The van der Waals surface area contributed by atoms with Crippen molar-refractivity contribution in [1.82, 2.24) is 5.32 Å². The first-order chi connectivity index (χ1) is 26.5. The second-order valence-corrected chi connectivity index (χ2v) is 16.9. The van der Waals surface area contributed by atoms with Crippen LogP contribution < -0.4 is 5.32 Å². The molecule has 0 rings (SSSR count). The lowest BCUT2D eigenvalue weighted by molar-refractivity contribution is -0.151. The van der Waals surface area contributed by atoms with Crippen LogP contribution in [0, 0.1) is 0 Å². The van der Waals surface area contributed by atoms with Crippen LogP contribution in [-0.2, 0) is 14.3 Å². The second-order valence-electron chi connectivity index (χ2n) is 16.9. The van der Waals surface area contributed by atoms with Crippen LogP contribution >= 0.6 is 0 Å². The summed E-state index contributed by atoms with van der Waals surface area (Å²) < 4.78 is 5.91. The van der Waals surface area contributed by atoms with E-state index in [0.29, 0.717) is 19.3 Å². The Kier molecular flexibility index (Phi) is 42.1. The Morgan fingerprint density at radius 2 is 0.778 bits per heavy atom. The molecular formula is C48H95NO5. The molecule has 0 aliphatic rings. The third kappa shape index (κ3) is 37.8. The van der Waals surface area contributed by atoms with E-state index < -0.39 is 18.2 Å². The summed E-state index contributed by atoms with van der Waals surface area (Å²) in [6.45, 7) is 6.48. The molecule has 3 unspecified atom stereocenters. The smallest absolute Gasteiger partial charge is 0.306 e. The molecule has 0 aliphatic heterocycles. The molecule has 6 nitrogen and oxygen atoms in total. The topological polar surface area (TPSA) is 95.9 Å². The van der Waals surface area contributed by atoms with Crippen molar-refractivity contribution < 1.29 is 24.5 Å². The van der Waals surface area contributed by atoms with Crippen LogP contribution in [0.2, 0.25) is 0 Å². The minimum atomic E-state index is -0.777. The molecule has 0 fully saturated rings. The first-order valence-electron chi connectivity index (χ1n) is 24.3. The number of unbranched alkanes of at least 4 members (excludes halogenated alkanes) is 32. The third-order valence-corrected chi connectivity index (χ3v) is 11.4. The van der Waals surface area contributed by atoms with Crippen molar-refractivity contribution in [2.45, 2.75) is 289 Å². The predicted octanol–water partition coefficient (Wildman–Crippen LogP) is 14.0. The predicted molar refractivity (Wildman–Crippen MR) is 232 cm³/mol. The Bertz CT molecular complexity index is 776. The first-order valence-corrected chi connectivity index (χ1v) is 24.3. The van der Waals surface area contributed by atoms with E-state index in [9.17, 15) is 19.8 Å². The van der Waals surface area contributed by atoms with Gasteiger partial charge in [-0.2, -0.15) is 0 Å². The van der Waals surface area contributed by atoms with E-state index in [4.69, 9.17) is 4.74 Å². The summed E-state index contributed by atoms with van der Waals surface area (Å²) in [5.74, 6) is -0.456. The summed E-state index contributed by atoms with van der Waals surface area (Å²) in [6, 6.07) is -0.690. The maximum Gasteiger partial charge on any atom is 0.306 e. The van der Waals surface area contributed by atoms with Gasteiger partial charge in [-0.1, -0.05) is 233 Å². The second kappa shape index (κ2) is 43.0. The minimum Gasteiger partial charge on any atom is -0.462 e. The Morgan fingerprint density at radius 3 is 1.13 bits per heavy atom. The van der Waals surface area contributed by atoms with Gasteiger partial charge < -0.3 is 20.3 Å². The molecule has 3 atom stereocenters. The molecule has 0 aromatic heterocycles. The lowest BCUT2D eigenvalue weighted by Crippen LogP contribution is -2.46. The normalized spacial score (nSPS) is 13.2. The molecule has 0 radical (unpaired) electrons. The average Bonchev–Trinajstić information content (AvgIpc) is 3.16. The van der Waals surface area contributed by atoms with Crippen molar-refractivity contribution in [3.8, 4) is 0 Å². The van der Waals surface area contributed by atoms with E-state index in [2.05, 4.69) is 26.1 Å². The highest BCUT2D eigenvalue weighted by molar-refractivity contribution is 5.77. The van der Waals surface area contributed by atoms with Crippen LogP contribution in [0.3, 0.4) is 0 Å². The van der Waals surface area contributed by atoms with E-state index in [1.165, 1.54) is 186 Å². The quantitative estimate of drug-likeness (QED) is 0.0424. The molecule has 0 bridgehead atoms. The number of aliphatic hydroxyl groups is 2. The summed E-state index contributed by atoms with van der Waals surface area (Å²) in [6.07, 6.45) is 44.5. The van der Waals surface area contributed by atoms with Gasteiger partial charge in [-0.25, -0.2) is 0 Å². The Hall–Kier alpha value is -1.14. The molecule has 54 heavy (non-hydrogen) atoms. The number of carbonyl (C=O) groups excluding carboxylic acids is 2. The van der Waals surface area contributed by atoms with Gasteiger partial charge in [0.05, 0.1) is 25.2 Å². The minimum absolute atomic E-state index is 0.0868. The van der Waals surface area contributed by atoms with Gasteiger partial charge in [-0.15, -0.1) is 0 Å². The maximum atomic E-state index is 13.1. The molecule has 0 heterocycles. The number of hydrogen-bond acceptors (Lipinski definition) is 5. The summed E-state index contributed by atoms with van der Waals surface area (Å²) in [4.78, 5) is 26.0. The maximum absolute atomic E-state index is 13.1. The first kappa shape index (κ1) is 52.9. The fourth-order valence-electron chi connectivity index (χ4n) is 7.73. The molecule has 322 valence electrons. The van der Waals surface area contributed by atoms with Gasteiger partial charge in [0.1, 0.15) is 6.10 Å². The van der Waals surface area contributed by atoms with Crippen molar-refractivity contribution in [2.75, 3.05) is 6.61 Å². The summed E-state index contributed by atoms with van der Waals surface area (Å²) in [5, 5.41) is 23.6. The van der Waals surface area contributed by atoms with Gasteiger partial charge in [0.25, 0.3) is 0 Å². The van der Waals surface area contributed by atoms with E-state index in [1.54, 1.807) is 0 Å².